The molecule has 124 valence electrons. The molecule has 0 aliphatic carbocycles. The number of rotatable bonds is 5. The second-order valence-corrected chi connectivity index (χ2v) is 5.27. The smallest absolute Gasteiger partial charge is 0.255 e. The van der Waals surface area contributed by atoms with Gasteiger partial charge in [0.15, 0.2) is 0 Å². The number of carbonyl (C=O) groups excluding carboxylic acids is 1. The highest BCUT2D eigenvalue weighted by atomic mass is 16.5. The quantitative estimate of drug-likeness (QED) is 0.774. The number of aromatic nitrogens is 2. The molecule has 2 aromatic heterocycles. The van der Waals surface area contributed by atoms with Crippen molar-refractivity contribution in [2.24, 2.45) is 0 Å². The van der Waals surface area contributed by atoms with Crippen LogP contribution in [0.25, 0.3) is 11.4 Å². The molecule has 2 heterocycles. The van der Waals surface area contributed by atoms with Gasteiger partial charge in [-0.15, -0.1) is 0 Å². The van der Waals surface area contributed by atoms with Gasteiger partial charge in [0.05, 0.1) is 18.9 Å². The number of benzene rings is 1. The third-order valence-electron chi connectivity index (χ3n) is 3.59. The van der Waals surface area contributed by atoms with Crippen molar-refractivity contribution in [3.8, 4) is 17.1 Å². The van der Waals surface area contributed by atoms with Crippen molar-refractivity contribution < 1.29 is 18.5 Å². The number of ether oxygens (including phenoxy) is 1. The Hall–Kier alpha value is -3.09. The van der Waals surface area contributed by atoms with Gasteiger partial charge >= 0.3 is 0 Å². The van der Waals surface area contributed by atoms with Crippen LogP contribution in [0.2, 0.25) is 0 Å². The zero-order valence-electron chi connectivity index (χ0n) is 13.6. The van der Waals surface area contributed by atoms with Crippen molar-refractivity contribution >= 4 is 5.91 Å². The monoisotopic (exact) mass is 327 g/mol. The van der Waals surface area contributed by atoms with Gasteiger partial charge in [-0.1, -0.05) is 17.3 Å². The van der Waals surface area contributed by atoms with E-state index in [0.29, 0.717) is 28.8 Å². The van der Waals surface area contributed by atoms with Crippen molar-refractivity contribution in [2.45, 2.75) is 19.9 Å². The average molecular weight is 327 g/mol. The van der Waals surface area contributed by atoms with Crippen LogP contribution < -0.4 is 10.1 Å². The Balaban J connectivity index is 1.75. The van der Waals surface area contributed by atoms with E-state index in [1.165, 1.54) is 6.26 Å². The molecule has 7 nitrogen and oxygen atoms in total. The number of methoxy groups -OCH3 is 1. The van der Waals surface area contributed by atoms with Crippen LogP contribution in [-0.2, 0) is 0 Å². The number of hydrogen-bond donors (Lipinski definition) is 1. The van der Waals surface area contributed by atoms with Crippen LogP contribution in [0.5, 0.6) is 5.75 Å². The first kappa shape index (κ1) is 15.8. The molecular weight excluding hydrogens is 310 g/mol. The molecule has 1 N–H and O–H groups in total. The van der Waals surface area contributed by atoms with Crippen LogP contribution in [0.4, 0.5) is 0 Å². The van der Waals surface area contributed by atoms with Crippen LogP contribution in [0, 0.1) is 6.92 Å². The largest absolute Gasteiger partial charge is 0.497 e. The molecule has 0 aliphatic rings. The molecule has 7 heteroatoms. The molecule has 3 rings (SSSR count). The molecule has 24 heavy (non-hydrogen) atoms. The summed E-state index contributed by atoms with van der Waals surface area (Å²) in [6.07, 6.45) is 1.47. The topological polar surface area (TPSA) is 90.4 Å². The SMILES string of the molecule is COc1cccc(-c2noc(C(C)NC(=O)c3ccoc3C)n2)c1. The predicted molar refractivity (Wildman–Crippen MR) is 85.6 cm³/mol. The molecule has 0 fully saturated rings. The third-order valence-corrected chi connectivity index (χ3v) is 3.59. The highest BCUT2D eigenvalue weighted by Gasteiger charge is 2.20. The molecule has 1 unspecified atom stereocenters. The fraction of sp³-hybridized carbons (Fsp3) is 0.235. The van der Waals surface area contributed by atoms with Gasteiger partial charge in [0.2, 0.25) is 11.7 Å². The number of furan rings is 1. The lowest BCUT2D eigenvalue weighted by Crippen LogP contribution is -2.27. The van der Waals surface area contributed by atoms with Gasteiger partial charge in [-0.2, -0.15) is 4.98 Å². The minimum atomic E-state index is -0.432. The Morgan fingerprint density at radius 1 is 1.33 bits per heavy atom. The first-order chi connectivity index (χ1) is 11.6. The molecule has 0 radical (unpaired) electrons. The number of nitrogens with zero attached hydrogens (tertiary/aromatic N) is 2. The minimum absolute atomic E-state index is 0.255. The number of carbonyl (C=O) groups is 1. The van der Waals surface area contributed by atoms with Gasteiger partial charge in [0.25, 0.3) is 5.91 Å². The summed E-state index contributed by atoms with van der Waals surface area (Å²) in [5, 5.41) is 6.77. The van der Waals surface area contributed by atoms with E-state index in [0.717, 1.165) is 5.56 Å². The Morgan fingerprint density at radius 2 is 2.17 bits per heavy atom. The first-order valence-electron chi connectivity index (χ1n) is 7.41. The fourth-order valence-corrected chi connectivity index (χ4v) is 2.25. The summed E-state index contributed by atoms with van der Waals surface area (Å²) in [6, 6.07) is 8.53. The molecule has 0 bridgehead atoms. The van der Waals surface area contributed by atoms with Gasteiger partial charge in [-0.25, -0.2) is 0 Å². The second-order valence-electron chi connectivity index (χ2n) is 5.27. The molecule has 0 spiro atoms. The highest BCUT2D eigenvalue weighted by molar-refractivity contribution is 5.95. The fourth-order valence-electron chi connectivity index (χ4n) is 2.25. The minimum Gasteiger partial charge on any atom is -0.497 e. The van der Waals surface area contributed by atoms with Crippen molar-refractivity contribution in [3.63, 3.8) is 0 Å². The summed E-state index contributed by atoms with van der Waals surface area (Å²) >= 11 is 0. The van der Waals surface area contributed by atoms with E-state index in [1.807, 2.05) is 24.3 Å². The summed E-state index contributed by atoms with van der Waals surface area (Å²) in [7, 11) is 1.59. The van der Waals surface area contributed by atoms with E-state index >= 15 is 0 Å². The Kier molecular flexibility index (Phi) is 4.33. The highest BCUT2D eigenvalue weighted by Crippen LogP contribution is 2.23. The maximum absolute atomic E-state index is 12.2. The summed E-state index contributed by atoms with van der Waals surface area (Å²) < 4.78 is 15.6. The Bertz CT molecular complexity index is 853. The molecule has 0 saturated carbocycles. The summed E-state index contributed by atoms with van der Waals surface area (Å²) in [4.78, 5) is 16.5. The first-order valence-corrected chi connectivity index (χ1v) is 7.41. The van der Waals surface area contributed by atoms with Crippen LogP contribution in [0.3, 0.4) is 0 Å². The lowest BCUT2D eigenvalue weighted by molar-refractivity contribution is 0.0931. The van der Waals surface area contributed by atoms with Crippen molar-refractivity contribution in [2.75, 3.05) is 7.11 Å². The number of hydrogen-bond acceptors (Lipinski definition) is 6. The molecule has 1 amide bonds. The normalized spacial score (nSPS) is 12.0. The zero-order chi connectivity index (χ0) is 17.1. The second kappa shape index (κ2) is 6.57. The molecule has 0 aliphatic heterocycles. The van der Waals surface area contributed by atoms with Gasteiger partial charge in [0.1, 0.15) is 17.6 Å². The van der Waals surface area contributed by atoms with Gasteiger partial charge in [0, 0.05) is 5.56 Å². The van der Waals surface area contributed by atoms with E-state index in [2.05, 4.69) is 15.5 Å². The van der Waals surface area contributed by atoms with E-state index in [9.17, 15) is 4.79 Å². The van der Waals surface area contributed by atoms with Crippen LogP contribution in [-0.4, -0.2) is 23.2 Å². The number of nitrogens with one attached hydrogen (secondary N) is 1. The average Bonchev–Trinajstić information content (AvgIpc) is 3.24. The maximum Gasteiger partial charge on any atom is 0.255 e. The van der Waals surface area contributed by atoms with Crippen molar-refractivity contribution in [1.29, 1.82) is 0 Å². The molecule has 1 aromatic carbocycles. The third kappa shape index (κ3) is 3.15. The number of amides is 1. The predicted octanol–water partition coefficient (Wildman–Crippen LogP) is 3.14. The van der Waals surface area contributed by atoms with Crippen LogP contribution in [0.15, 0.2) is 45.5 Å². The van der Waals surface area contributed by atoms with E-state index in [1.54, 1.807) is 27.0 Å². The van der Waals surface area contributed by atoms with Gasteiger partial charge in [-0.3, -0.25) is 4.79 Å². The van der Waals surface area contributed by atoms with Crippen molar-refractivity contribution in [1.82, 2.24) is 15.5 Å². The standard InChI is InChI=1S/C17H17N3O4/c1-10(18-16(21)14-7-8-23-11(14)2)17-19-15(20-24-17)12-5-4-6-13(9-12)22-3/h4-10H,1-3H3,(H,18,21). The molecule has 0 saturated heterocycles. The maximum atomic E-state index is 12.2. The zero-order valence-corrected chi connectivity index (χ0v) is 13.6. The van der Waals surface area contributed by atoms with Crippen LogP contribution >= 0.6 is 0 Å². The number of aryl methyl sites for hydroxylation is 1. The Labute approximate surface area is 138 Å². The van der Waals surface area contributed by atoms with Gasteiger partial charge < -0.3 is 19.0 Å². The lowest BCUT2D eigenvalue weighted by Gasteiger charge is -2.08. The Morgan fingerprint density at radius 3 is 2.88 bits per heavy atom. The summed E-state index contributed by atoms with van der Waals surface area (Å²) in [5.41, 5.74) is 1.25. The van der Waals surface area contributed by atoms with Gasteiger partial charge in [-0.05, 0) is 32.0 Å². The van der Waals surface area contributed by atoms with E-state index < -0.39 is 6.04 Å². The van der Waals surface area contributed by atoms with Crippen LogP contribution in [0.1, 0.15) is 35.0 Å². The molecule has 1 atom stereocenters. The van der Waals surface area contributed by atoms with E-state index in [-0.39, 0.29) is 5.91 Å². The van der Waals surface area contributed by atoms with E-state index in [4.69, 9.17) is 13.7 Å². The molecular formula is C17H17N3O4. The van der Waals surface area contributed by atoms with Crippen molar-refractivity contribution in [3.05, 3.63) is 53.8 Å². The molecule has 3 aromatic rings. The lowest BCUT2D eigenvalue weighted by atomic mass is 10.2. The summed E-state index contributed by atoms with van der Waals surface area (Å²) in [6.45, 7) is 3.50. The summed E-state index contributed by atoms with van der Waals surface area (Å²) in [5.74, 6) is 1.76.